The predicted molar refractivity (Wildman–Crippen MR) is 115 cm³/mol. The highest BCUT2D eigenvalue weighted by Gasteiger charge is 2.40. The number of aromatic nitrogens is 2. The van der Waals surface area contributed by atoms with Gasteiger partial charge in [0.2, 0.25) is 11.8 Å². The van der Waals surface area contributed by atoms with Gasteiger partial charge < -0.3 is 9.47 Å². The maximum absolute atomic E-state index is 12.9. The number of anilines is 1. The van der Waals surface area contributed by atoms with Crippen LogP contribution < -0.4 is 14.4 Å². The summed E-state index contributed by atoms with van der Waals surface area (Å²) in [6, 6.07) is 12.5. The van der Waals surface area contributed by atoms with Crippen LogP contribution in [0, 0.1) is 6.92 Å². The lowest BCUT2D eigenvalue weighted by atomic mass is 10.2. The van der Waals surface area contributed by atoms with Gasteiger partial charge in [0.1, 0.15) is 16.7 Å². The summed E-state index contributed by atoms with van der Waals surface area (Å²) in [5, 5.41) is 0.824. The number of benzene rings is 2. The van der Waals surface area contributed by atoms with Crippen LogP contribution in [0.2, 0.25) is 0 Å². The lowest BCUT2D eigenvalue weighted by molar-refractivity contribution is -0.121. The van der Waals surface area contributed by atoms with E-state index in [1.54, 1.807) is 31.4 Å². The zero-order valence-corrected chi connectivity index (χ0v) is 17.7. The number of hydrogen-bond acceptors (Lipinski definition) is 7. The molecule has 1 atom stereocenters. The Morgan fingerprint density at radius 1 is 1.10 bits per heavy atom. The quantitative estimate of drug-likeness (QED) is 0.441. The van der Waals surface area contributed by atoms with Crippen molar-refractivity contribution in [2.75, 3.05) is 18.6 Å². The van der Waals surface area contributed by atoms with Gasteiger partial charge in [-0.05, 0) is 56.3 Å². The molecule has 1 saturated heterocycles. The highest BCUT2D eigenvalue weighted by Crippen LogP contribution is 2.34. The average Bonchev–Trinajstić information content (AvgIpc) is 3.02. The van der Waals surface area contributed by atoms with E-state index in [0.717, 1.165) is 22.3 Å². The van der Waals surface area contributed by atoms with Crippen LogP contribution in [0.15, 0.2) is 47.6 Å². The third kappa shape index (κ3) is 3.82. The van der Waals surface area contributed by atoms with Crippen LogP contribution in [0.5, 0.6) is 11.5 Å². The van der Waals surface area contributed by atoms with Crippen LogP contribution in [0.1, 0.15) is 19.0 Å². The molecule has 0 saturated carbocycles. The largest absolute Gasteiger partial charge is 0.497 e. The van der Waals surface area contributed by atoms with E-state index in [4.69, 9.17) is 9.47 Å². The minimum absolute atomic E-state index is 0.110. The van der Waals surface area contributed by atoms with Crippen LogP contribution >= 0.6 is 11.8 Å². The van der Waals surface area contributed by atoms with Gasteiger partial charge in [0.25, 0.3) is 0 Å². The molecule has 4 rings (SSSR count). The Kier molecular flexibility index (Phi) is 5.59. The summed E-state index contributed by atoms with van der Waals surface area (Å²) in [4.78, 5) is 35.8. The summed E-state index contributed by atoms with van der Waals surface area (Å²) in [5.41, 5.74) is 2.11. The molecule has 2 amide bonds. The van der Waals surface area contributed by atoms with Gasteiger partial charge in [-0.1, -0.05) is 11.8 Å². The molecule has 0 unspecified atom stereocenters. The summed E-state index contributed by atoms with van der Waals surface area (Å²) >= 11 is 1.22. The Bertz CT molecular complexity index is 1120. The molecule has 2 aromatic carbocycles. The van der Waals surface area contributed by atoms with Crippen molar-refractivity contribution in [2.24, 2.45) is 0 Å². The van der Waals surface area contributed by atoms with Gasteiger partial charge in [0.15, 0.2) is 5.16 Å². The number of ether oxygens (including phenoxy) is 2. The van der Waals surface area contributed by atoms with Gasteiger partial charge in [-0.25, -0.2) is 14.9 Å². The molecule has 1 aliphatic rings. The third-order valence-electron chi connectivity index (χ3n) is 4.83. The molecular formula is C22H21N3O4S. The van der Waals surface area contributed by atoms with E-state index in [2.05, 4.69) is 9.97 Å². The highest BCUT2D eigenvalue weighted by molar-refractivity contribution is 8.00. The number of carbonyl (C=O) groups is 2. The number of carbonyl (C=O) groups excluding carboxylic acids is 2. The number of thioether (sulfide) groups is 1. The number of hydrogen-bond donors (Lipinski definition) is 0. The molecule has 3 aromatic rings. The number of methoxy groups -OCH3 is 1. The Hall–Kier alpha value is -3.13. The fourth-order valence-electron chi connectivity index (χ4n) is 3.37. The first-order valence-corrected chi connectivity index (χ1v) is 10.5. The summed E-state index contributed by atoms with van der Waals surface area (Å²) in [7, 11) is 1.57. The Balaban J connectivity index is 1.56. The molecule has 0 N–H and O–H groups in total. The molecule has 154 valence electrons. The molecule has 0 spiro atoms. The molecular weight excluding hydrogens is 402 g/mol. The van der Waals surface area contributed by atoms with Crippen molar-refractivity contribution >= 4 is 40.2 Å². The maximum atomic E-state index is 12.9. The lowest BCUT2D eigenvalue weighted by Crippen LogP contribution is -2.31. The molecule has 1 aliphatic heterocycles. The van der Waals surface area contributed by atoms with Crippen LogP contribution in [0.4, 0.5) is 5.69 Å². The van der Waals surface area contributed by atoms with Crippen molar-refractivity contribution in [1.82, 2.24) is 9.97 Å². The van der Waals surface area contributed by atoms with Crippen molar-refractivity contribution < 1.29 is 19.1 Å². The molecule has 0 aliphatic carbocycles. The molecule has 8 heteroatoms. The number of aryl methyl sites for hydroxylation is 1. The first-order valence-electron chi connectivity index (χ1n) is 9.59. The van der Waals surface area contributed by atoms with E-state index >= 15 is 0 Å². The average molecular weight is 423 g/mol. The fraction of sp³-hybridized carbons (Fsp3) is 0.273. The van der Waals surface area contributed by atoms with Crippen LogP contribution in [-0.2, 0) is 9.59 Å². The van der Waals surface area contributed by atoms with Gasteiger partial charge in [0, 0.05) is 17.5 Å². The smallest absolute Gasteiger partial charge is 0.247 e. The number of imide groups is 1. The fourth-order valence-corrected chi connectivity index (χ4v) is 4.40. The second kappa shape index (κ2) is 8.31. The maximum Gasteiger partial charge on any atom is 0.247 e. The van der Waals surface area contributed by atoms with Gasteiger partial charge in [-0.3, -0.25) is 9.59 Å². The number of rotatable bonds is 6. The minimum Gasteiger partial charge on any atom is -0.497 e. The van der Waals surface area contributed by atoms with Crippen molar-refractivity contribution in [2.45, 2.75) is 30.7 Å². The van der Waals surface area contributed by atoms with E-state index < -0.39 is 5.25 Å². The number of amides is 2. The molecule has 2 heterocycles. The summed E-state index contributed by atoms with van der Waals surface area (Å²) in [6.07, 6.45) is 0.110. The van der Waals surface area contributed by atoms with E-state index in [9.17, 15) is 9.59 Å². The number of fused-ring (bicyclic) bond motifs is 1. The lowest BCUT2D eigenvalue weighted by Gasteiger charge is -2.15. The normalized spacial score (nSPS) is 16.4. The van der Waals surface area contributed by atoms with Crippen molar-refractivity contribution in [3.63, 3.8) is 0 Å². The molecule has 30 heavy (non-hydrogen) atoms. The van der Waals surface area contributed by atoms with Crippen molar-refractivity contribution in [3.8, 4) is 11.5 Å². The zero-order chi connectivity index (χ0) is 21.3. The van der Waals surface area contributed by atoms with Gasteiger partial charge in [-0.15, -0.1) is 0 Å². The molecule has 7 nitrogen and oxygen atoms in total. The van der Waals surface area contributed by atoms with Crippen LogP contribution in [0.25, 0.3) is 10.9 Å². The van der Waals surface area contributed by atoms with Crippen molar-refractivity contribution in [1.29, 1.82) is 0 Å². The third-order valence-corrected chi connectivity index (χ3v) is 5.88. The molecule has 0 bridgehead atoms. The first-order chi connectivity index (χ1) is 14.5. The topological polar surface area (TPSA) is 81.6 Å². The Labute approximate surface area is 178 Å². The van der Waals surface area contributed by atoms with Crippen LogP contribution in [0.3, 0.4) is 0 Å². The van der Waals surface area contributed by atoms with Gasteiger partial charge in [-0.2, -0.15) is 0 Å². The second-order valence-electron chi connectivity index (χ2n) is 6.78. The summed E-state index contributed by atoms with van der Waals surface area (Å²) < 4.78 is 10.7. The predicted octanol–water partition coefficient (Wildman–Crippen LogP) is 3.77. The summed E-state index contributed by atoms with van der Waals surface area (Å²) in [6.45, 7) is 4.42. The van der Waals surface area contributed by atoms with Gasteiger partial charge in [0.05, 0.1) is 24.9 Å². The minimum atomic E-state index is -0.556. The van der Waals surface area contributed by atoms with Gasteiger partial charge >= 0.3 is 0 Å². The standard InChI is InChI=1S/C22H21N3O4S/c1-4-29-16-9-10-18-17(11-16)13(2)23-22(24-18)30-19-12-20(26)25(21(19)27)14-5-7-15(28-3)8-6-14/h5-11,19H,4,12H2,1-3H3/t19-/m1/s1. The summed E-state index contributed by atoms with van der Waals surface area (Å²) in [5.74, 6) is 0.935. The molecule has 0 radical (unpaired) electrons. The SMILES string of the molecule is CCOc1ccc2nc(S[C@@H]3CC(=O)N(c4ccc(OC)cc4)C3=O)nc(C)c2c1. The molecule has 1 aromatic heterocycles. The first kappa shape index (κ1) is 20.2. The highest BCUT2D eigenvalue weighted by atomic mass is 32.2. The van der Waals surface area contributed by atoms with E-state index in [0.29, 0.717) is 23.2 Å². The van der Waals surface area contributed by atoms with E-state index in [-0.39, 0.29) is 18.2 Å². The van der Waals surface area contributed by atoms with Crippen molar-refractivity contribution in [3.05, 3.63) is 48.2 Å². The monoisotopic (exact) mass is 423 g/mol. The number of nitrogens with zero attached hydrogens (tertiary/aromatic N) is 3. The second-order valence-corrected chi connectivity index (χ2v) is 7.95. The van der Waals surface area contributed by atoms with Crippen LogP contribution in [-0.4, -0.2) is 40.7 Å². The van der Waals surface area contributed by atoms with E-state index in [1.165, 1.54) is 16.7 Å². The molecule has 1 fully saturated rings. The van der Waals surface area contributed by atoms with E-state index in [1.807, 2.05) is 32.0 Å². The zero-order valence-electron chi connectivity index (χ0n) is 16.9. The Morgan fingerprint density at radius 3 is 2.53 bits per heavy atom. The Morgan fingerprint density at radius 2 is 1.83 bits per heavy atom.